The van der Waals surface area contributed by atoms with Crippen molar-refractivity contribution in [3.05, 3.63) is 99.0 Å². The molecule has 0 aliphatic heterocycles. The lowest BCUT2D eigenvalue weighted by atomic mass is 10.2. The van der Waals surface area contributed by atoms with Crippen molar-refractivity contribution in [1.82, 2.24) is 19.1 Å². The number of hydrogen-bond donors (Lipinski definition) is 0. The highest BCUT2D eigenvalue weighted by atomic mass is 79.9. The molecule has 0 fully saturated rings. The Balaban J connectivity index is 1.78. The average molecular weight is 649 g/mol. The van der Waals surface area contributed by atoms with Gasteiger partial charge < -0.3 is 0 Å². The van der Waals surface area contributed by atoms with Crippen LogP contribution in [0.15, 0.2) is 88.4 Å². The maximum atomic E-state index is 13.8. The first kappa shape index (κ1) is 27.1. The van der Waals surface area contributed by atoms with E-state index < -0.39 is 25.6 Å². The number of hydrogen-bond acceptors (Lipinski definition) is 7. The second-order valence-electron chi connectivity index (χ2n) is 8.59. The third-order valence-electron chi connectivity index (χ3n) is 5.68. The van der Waals surface area contributed by atoms with Gasteiger partial charge in [0.05, 0.1) is 29.6 Å². The van der Waals surface area contributed by atoms with Crippen LogP contribution in [0.2, 0.25) is 5.02 Å². The van der Waals surface area contributed by atoms with Gasteiger partial charge in [-0.05, 0) is 54.6 Å². The zero-order valence-electron chi connectivity index (χ0n) is 20.4. The van der Waals surface area contributed by atoms with E-state index in [2.05, 4.69) is 20.9 Å². The van der Waals surface area contributed by atoms with E-state index in [1.807, 2.05) is 24.3 Å². The summed E-state index contributed by atoms with van der Waals surface area (Å²) in [5.74, 6) is 0.328. The summed E-state index contributed by atoms with van der Waals surface area (Å²) in [6.07, 6.45) is 2.98. The van der Waals surface area contributed by atoms with E-state index in [1.165, 1.54) is 33.7 Å². The summed E-state index contributed by atoms with van der Waals surface area (Å²) in [7, 11) is -8.32. The summed E-state index contributed by atoms with van der Waals surface area (Å²) < 4.78 is 53.4. The van der Waals surface area contributed by atoms with Gasteiger partial charge in [0.1, 0.15) is 12.2 Å². The molecule has 0 saturated carbocycles. The van der Waals surface area contributed by atoms with Crippen molar-refractivity contribution >= 4 is 64.4 Å². The van der Waals surface area contributed by atoms with E-state index in [0.29, 0.717) is 31.5 Å². The Hall–Kier alpha value is -3.52. The molecule has 0 bridgehead atoms. The number of aromatic nitrogens is 4. The van der Waals surface area contributed by atoms with Gasteiger partial charge in [-0.3, -0.25) is 13.9 Å². The van der Waals surface area contributed by atoms with Crippen molar-refractivity contribution in [2.75, 3.05) is 16.2 Å². The first-order chi connectivity index (χ1) is 18.3. The smallest absolute Gasteiger partial charge is 0.283 e. The first-order valence-electron chi connectivity index (χ1n) is 11.2. The van der Waals surface area contributed by atoms with Crippen molar-refractivity contribution in [3.8, 4) is 22.8 Å². The van der Waals surface area contributed by atoms with Crippen LogP contribution in [0.1, 0.15) is 0 Å². The molecule has 0 aliphatic carbocycles. The zero-order chi connectivity index (χ0) is 28.1. The van der Waals surface area contributed by atoms with Crippen LogP contribution < -0.4 is 9.27 Å². The minimum Gasteiger partial charge on any atom is -0.283 e. The average Bonchev–Trinajstić information content (AvgIpc) is 3.28. The maximum Gasteiger partial charge on any atom is 0.286 e. The number of benzene rings is 3. The van der Waals surface area contributed by atoms with Crippen LogP contribution in [0.5, 0.6) is 0 Å². The van der Waals surface area contributed by atoms with E-state index in [0.717, 1.165) is 17.0 Å². The highest BCUT2D eigenvalue weighted by molar-refractivity contribution is 9.10. The molecule has 0 aliphatic rings. The minimum absolute atomic E-state index is 0.0549. The molecule has 10 nitrogen and oxygen atoms in total. The molecular weight excluding hydrogens is 630 g/mol. The van der Waals surface area contributed by atoms with Crippen molar-refractivity contribution in [3.63, 3.8) is 0 Å². The van der Waals surface area contributed by atoms with Gasteiger partial charge in [-0.25, -0.2) is 26.8 Å². The molecule has 0 radical (unpaired) electrons. The van der Waals surface area contributed by atoms with Crippen molar-refractivity contribution in [2.24, 2.45) is 0 Å². The third kappa shape index (κ3) is 5.22. The van der Waals surface area contributed by atoms with E-state index in [1.54, 1.807) is 30.3 Å². The molecular formula is C25H19BrClN5O5S2. The predicted molar refractivity (Wildman–Crippen MR) is 155 cm³/mol. The molecule has 0 amide bonds. The Bertz CT molecular complexity index is 1980. The fourth-order valence-corrected chi connectivity index (χ4v) is 7.50. The van der Waals surface area contributed by atoms with Gasteiger partial charge in [-0.15, -0.1) is 0 Å². The summed E-state index contributed by atoms with van der Waals surface area (Å²) in [6.45, 7) is 0. The van der Waals surface area contributed by atoms with E-state index in [4.69, 9.17) is 16.6 Å². The highest BCUT2D eigenvalue weighted by Crippen LogP contribution is 2.28. The predicted octanol–water partition coefficient (Wildman–Crippen LogP) is 4.38. The van der Waals surface area contributed by atoms with E-state index in [-0.39, 0.29) is 16.9 Å². The normalized spacial score (nSPS) is 12.1. The molecule has 0 N–H and O–H groups in total. The summed E-state index contributed by atoms with van der Waals surface area (Å²) in [5, 5.41) is 0.507. The number of imidazole rings is 1. The number of rotatable bonds is 6. The monoisotopic (exact) mass is 647 g/mol. The van der Waals surface area contributed by atoms with Gasteiger partial charge in [0.15, 0.2) is 11.2 Å². The van der Waals surface area contributed by atoms with Crippen LogP contribution >= 0.6 is 27.5 Å². The minimum atomic E-state index is -4.16. The molecule has 2 heterocycles. The Morgan fingerprint density at radius 2 is 1.51 bits per heavy atom. The highest BCUT2D eigenvalue weighted by Gasteiger charge is 2.28. The second-order valence-corrected chi connectivity index (χ2v) is 13.8. The standard InChI is InChI=1S/C25H19BrClN5O5S2/c1-38(34,35)32(39(2,36)37)21-5-3-4-20(14-21)30-15-28-22-24(30)29-23(16-6-8-17(26)9-7-16)31(25(22)33)19-12-10-18(27)11-13-19/h3-15H,1-2H3. The van der Waals surface area contributed by atoms with Gasteiger partial charge in [-0.1, -0.05) is 45.7 Å². The molecule has 0 spiro atoms. The van der Waals surface area contributed by atoms with Crippen LogP contribution in [-0.4, -0.2) is 48.4 Å². The van der Waals surface area contributed by atoms with Crippen LogP contribution in [0.3, 0.4) is 0 Å². The van der Waals surface area contributed by atoms with Gasteiger partial charge >= 0.3 is 0 Å². The zero-order valence-corrected chi connectivity index (χ0v) is 24.3. The Morgan fingerprint density at radius 1 is 0.872 bits per heavy atom. The van der Waals surface area contributed by atoms with Crippen molar-refractivity contribution in [2.45, 2.75) is 0 Å². The van der Waals surface area contributed by atoms with Crippen molar-refractivity contribution in [1.29, 1.82) is 0 Å². The number of sulfonamides is 2. The Labute approximate surface area is 237 Å². The summed E-state index contributed by atoms with van der Waals surface area (Å²) >= 11 is 9.49. The lowest BCUT2D eigenvalue weighted by Crippen LogP contribution is -2.35. The van der Waals surface area contributed by atoms with Crippen molar-refractivity contribution < 1.29 is 16.8 Å². The van der Waals surface area contributed by atoms with Crippen LogP contribution in [0.4, 0.5) is 5.69 Å². The Morgan fingerprint density at radius 3 is 2.13 bits per heavy atom. The molecule has 39 heavy (non-hydrogen) atoms. The number of halogens is 2. The molecule has 5 rings (SSSR count). The molecule has 3 aromatic carbocycles. The molecule has 2 aromatic heterocycles. The first-order valence-corrected chi connectivity index (χ1v) is 16.0. The fraction of sp³-hybridized carbons (Fsp3) is 0.0800. The fourth-order valence-electron chi connectivity index (χ4n) is 4.15. The number of fused-ring (bicyclic) bond motifs is 1. The summed E-state index contributed by atoms with van der Waals surface area (Å²) in [4.78, 5) is 22.9. The number of anilines is 1. The topological polar surface area (TPSA) is 124 Å². The molecule has 200 valence electrons. The van der Waals surface area contributed by atoms with Gasteiger partial charge in [0.25, 0.3) is 5.56 Å². The lowest BCUT2D eigenvalue weighted by molar-refractivity contribution is 0.590. The van der Waals surface area contributed by atoms with Crippen LogP contribution in [0.25, 0.3) is 33.9 Å². The molecule has 0 saturated heterocycles. The van der Waals surface area contributed by atoms with Gasteiger partial charge in [0.2, 0.25) is 20.0 Å². The largest absolute Gasteiger partial charge is 0.286 e. The quantitative estimate of drug-likeness (QED) is 0.268. The summed E-state index contributed by atoms with van der Waals surface area (Å²) in [6, 6.07) is 19.8. The summed E-state index contributed by atoms with van der Waals surface area (Å²) in [5.41, 5.74) is 1.25. The lowest BCUT2D eigenvalue weighted by Gasteiger charge is -2.20. The van der Waals surface area contributed by atoms with Gasteiger partial charge in [-0.2, -0.15) is 3.71 Å². The third-order valence-corrected chi connectivity index (χ3v) is 9.71. The van der Waals surface area contributed by atoms with Crippen LogP contribution in [0, 0.1) is 0 Å². The van der Waals surface area contributed by atoms with Crippen LogP contribution in [-0.2, 0) is 20.0 Å². The molecule has 0 atom stereocenters. The van der Waals surface area contributed by atoms with E-state index in [9.17, 15) is 21.6 Å². The molecule has 5 aromatic rings. The Kier molecular flexibility index (Phi) is 6.87. The number of nitrogens with zero attached hydrogens (tertiary/aromatic N) is 5. The SMILES string of the molecule is CS(=O)(=O)N(c1cccc(-n2cnc3c(=O)n(-c4ccc(Cl)cc4)c(-c4ccc(Br)cc4)nc32)c1)S(C)(=O)=O. The maximum absolute atomic E-state index is 13.8. The van der Waals surface area contributed by atoms with E-state index >= 15 is 0 Å². The molecule has 14 heteroatoms. The second kappa shape index (κ2) is 9.90. The van der Waals surface area contributed by atoms with Gasteiger partial charge in [0, 0.05) is 15.1 Å². The molecule has 0 unspecified atom stereocenters.